The van der Waals surface area contributed by atoms with Crippen molar-refractivity contribution in [3.63, 3.8) is 0 Å². The van der Waals surface area contributed by atoms with Gasteiger partial charge in [0.15, 0.2) is 0 Å². The number of aromatic carboxylic acids is 1. The maximum Gasteiger partial charge on any atom is 0.317 e. The molecule has 29 heavy (non-hydrogen) atoms. The Morgan fingerprint density at radius 1 is 0.966 bits per heavy atom. The monoisotopic (exact) mass is 416 g/mol. The van der Waals surface area contributed by atoms with Gasteiger partial charge in [0.05, 0.1) is 10.9 Å². The first-order chi connectivity index (χ1) is 13.8. The fourth-order valence-corrected chi connectivity index (χ4v) is 4.46. The maximum atomic E-state index is 12.7. The molecular weight excluding hydrogens is 394 g/mol. The average Bonchev–Trinajstić information content (AvgIpc) is 2.72. The first-order valence-corrected chi connectivity index (χ1v) is 10.6. The summed E-state index contributed by atoms with van der Waals surface area (Å²) in [5.41, 5.74) is 1.81. The molecule has 8 nitrogen and oxygen atoms in total. The number of aryl methyl sites for hydroxylation is 1. The van der Waals surface area contributed by atoms with Gasteiger partial charge in [-0.05, 0) is 30.2 Å². The second-order valence-electron chi connectivity index (χ2n) is 6.85. The van der Waals surface area contributed by atoms with Crippen LogP contribution in [0.1, 0.15) is 21.5 Å². The predicted molar refractivity (Wildman–Crippen MR) is 105 cm³/mol. The van der Waals surface area contributed by atoms with E-state index in [0.29, 0.717) is 13.1 Å². The van der Waals surface area contributed by atoms with Gasteiger partial charge in [-0.3, -0.25) is 0 Å². The van der Waals surface area contributed by atoms with E-state index < -0.39 is 16.0 Å². The molecule has 1 saturated heterocycles. The molecule has 0 radical (unpaired) electrons. The average molecular weight is 416 g/mol. The van der Waals surface area contributed by atoms with Gasteiger partial charge in [-0.1, -0.05) is 42.0 Å². The number of amides is 2. The molecule has 2 aromatic carbocycles. The van der Waals surface area contributed by atoms with Crippen LogP contribution in [0.25, 0.3) is 0 Å². The summed E-state index contributed by atoms with van der Waals surface area (Å²) in [5, 5.41) is 13.5. The highest BCUT2D eigenvalue weighted by atomic mass is 32.2. The lowest BCUT2D eigenvalue weighted by Crippen LogP contribution is -2.52. The van der Waals surface area contributed by atoms with Gasteiger partial charge in [0.25, 0.3) is 0 Å². The molecule has 154 valence electrons. The molecular formula is C20H22N3O5S-. The van der Waals surface area contributed by atoms with Crippen molar-refractivity contribution in [1.82, 2.24) is 14.5 Å². The van der Waals surface area contributed by atoms with E-state index >= 15 is 0 Å². The third-order valence-corrected chi connectivity index (χ3v) is 6.73. The summed E-state index contributed by atoms with van der Waals surface area (Å²) in [6.07, 6.45) is 0. The highest BCUT2D eigenvalue weighted by Crippen LogP contribution is 2.18. The molecule has 2 amide bonds. The van der Waals surface area contributed by atoms with Crippen LogP contribution in [0.3, 0.4) is 0 Å². The Labute approximate surface area is 169 Å². The van der Waals surface area contributed by atoms with Crippen LogP contribution in [0.2, 0.25) is 0 Å². The van der Waals surface area contributed by atoms with Gasteiger partial charge in [-0.15, -0.1) is 0 Å². The number of carboxylic acids is 1. The quantitative estimate of drug-likeness (QED) is 0.767. The summed E-state index contributed by atoms with van der Waals surface area (Å²) in [4.78, 5) is 24.9. The Morgan fingerprint density at radius 3 is 2.10 bits per heavy atom. The van der Waals surface area contributed by atoms with Crippen molar-refractivity contribution in [2.45, 2.75) is 18.4 Å². The number of piperazine rings is 1. The molecule has 2 aromatic rings. The number of nitrogens with zero attached hydrogens (tertiary/aromatic N) is 2. The van der Waals surface area contributed by atoms with Crippen LogP contribution in [0.4, 0.5) is 4.79 Å². The molecule has 0 aromatic heterocycles. The molecule has 3 rings (SSSR count). The number of benzene rings is 2. The van der Waals surface area contributed by atoms with E-state index in [9.17, 15) is 23.1 Å². The van der Waals surface area contributed by atoms with Crippen LogP contribution in [-0.2, 0) is 16.6 Å². The van der Waals surface area contributed by atoms with E-state index in [0.717, 1.165) is 11.1 Å². The Kier molecular flexibility index (Phi) is 6.19. The van der Waals surface area contributed by atoms with Crippen molar-refractivity contribution in [2.24, 2.45) is 0 Å². The Hall–Kier alpha value is -2.91. The molecule has 1 aliphatic rings. The van der Waals surface area contributed by atoms with E-state index in [2.05, 4.69) is 5.32 Å². The molecule has 0 aliphatic carbocycles. The van der Waals surface area contributed by atoms with Crippen LogP contribution < -0.4 is 10.4 Å². The van der Waals surface area contributed by atoms with Crippen molar-refractivity contribution in [3.05, 3.63) is 65.2 Å². The largest absolute Gasteiger partial charge is 0.545 e. The normalized spacial score (nSPS) is 15.1. The number of hydrogen-bond donors (Lipinski definition) is 1. The maximum absolute atomic E-state index is 12.7. The second-order valence-corrected chi connectivity index (χ2v) is 8.79. The number of urea groups is 1. The first kappa shape index (κ1) is 20.8. The Bertz CT molecular complexity index is 980. The van der Waals surface area contributed by atoms with Gasteiger partial charge in [-0.2, -0.15) is 4.31 Å². The topological polar surface area (TPSA) is 110 Å². The van der Waals surface area contributed by atoms with Crippen LogP contribution in [0.5, 0.6) is 0 Å². The van der Waals surface area contributed by atoms with Crippen LogP contribution in [0, 0.1) is 6.92 Å². The molecule has 0 atom stereocenters. The van der Waals surface area contributed by atoms with E-state index in [1.165, 1.54) is 16.4 Å². The van der Waals surface area contributed by atoms with Crippen molar-refractivity contribution in [1.29, 1.82) is 0 Å². The van der Waals surface area contributed by atoms with Gasteiger partial charge in [-0.25, -0.2) is 13.2 Å². The number of sulfonamides is 1. The molecule has 1 fully saturated rings. The molecule has 0 bridgehead atoms. The Morgan fingerprint density at radius 2 is 1.55 bits per heavy atom. The Balaban J connectivity index is 1.52. The zero-order valence-electron chi connectivity index (χ0n) is 16.0. The minimum Gasteiger partial charge on any atom is -0.545 e. The lowest BCUT2D eigenvalue weighted by molar-refractivity contribution is -0.255. The molecule has 9 heteroatoms. The van der Waals surface area contributed by atoms with E-state index in [1.807, 2.05) is 6.92 Å². The summed E-state index contributed by atoms with van der Waals surface area (Å²) < 4.78 is 26.8. The van der Waals surface area contributed by atoms with Crippen LogP contribution >= 0.6 is 0 Å². The summed E-state index contributed by atoms with van der Waals surface area (Å²) in [5.74, 6) is -1.25. The molecule has 1 heterocycles. The number of carbonyl (C=O) groups is 2. The number of hydrogen-bond acceptors (Lipinski definition) is 5. The van der Waals surface area contributed by atoms with E-state index in [1.54, 1.807) is 41.3 Å². The number of carboxylic acid groups (broad SMARTS) is 1. The van der Waals surface area contributed by atoms with E-state index in [4.69, 9.17) is 0 Å². The van der Waals surface area contributed by atoms with Crippen molar-refractivity contribution >= 4 is 22.0 Å². The zero-order chi connectivity index (χ0) is 21.0. The van der Waals surface area contributed by atoms with Gasteiger partial charge in [0, 0.05) is 32.7 Å². The number of nitrogens with one attached hydrogen (secondary N) is 1. The second kappa shape index (κ2) is 8.62. The SMILES string of the molecule is Cc1ccc(S(=O)(=O)N2CCN(C(=O)NCc3ccc(C(=O)[O-])cc3)CC2)cc1. The predicted octanol–water partition coefficient (Wildman–Crippen LogP) is 0.575. The van der Waals surface area contributed by atoms with Gasteiger partial charge in [0.1, 0.15) is 0 Å². The van der Waals surface area contributed by atoms with Crippen LogP contribution in [0.15, 0.2) is 53.4 Å². The fraction of sp³-hybridized carbons (Fsp3) is 0.300. The summed E-state index contributed by atoms with van der Waals surface area (Å²) >= 11 is 0. The summed E-state index contributed by atoms with van der Waals surface area (Å²) in [6.45, 7) is 3.18. The highest BCUT2D eigenvalue weighted by molar-refractivity contribution is 7.89. The van der Waals surface area contributed by atoms with Gasteiger partial charge < -0.3 is 20.1 Å². The number of carbonyl (C=O) groups excluding carboxylic acids is 2. The summed E-state index contributed by atoms with van der Waals surface area (Å²) in [6, 6.07) is 12.5. The van der Waals surface area contributed by atoms with Crippen molar-refractivity contribution in [3.8, 4) is 0 Å². The fourth-order valence-electron chi connectivity index (χ4n) is 3.04. The minimum absolute atomic E-state index is 0.0750. The van der Waals surface area contributed by atoms with E-state index in [-0.39, 0.29) is 36.1 Å². The molecule has 0 saturated carbocycles. The molecule has 0 spiro atoms. The zero-order valence-corrected chi connectivity index (χ0v) is 16.8. The highest BCUT2D eigenvalue weighted by Gasteiger charge is 2.29. The third kappa shape index (κ3) is 4.93. The van der Waals surface area contributed by atoms with Gasteiger partial charge in [0.2, 0.25) is 10.0 Å². The van der Waals surface area contributed by atoms with Crippen LogP contribution in [-0.4, -0.2) is 55.8 Å². The molecule has 0 unspecified atom stereocenters. The molecule has 1 aliphatic heterocycles. The first-order valence-electron chi connectivity index (χ1n) is 9.17. The summed E-state index contributed by atoms with van der Waals surface area (Å²) in [7, 11) is -3.57. The smallest absolute Gasteiger partial charge is 0.317 e. The lowest BCUT2D eigenvalue weighted by atomic mass is 10.1. The third-order valence-electron chi connectivity index (χ3n) is 4.82. The van der Waals surface area contributed by atoms with Crippen molar-refractivity contribution in [2.75, 3.05) is 26.2 Å². The standard InChI is InChI=1S/C20H23N3O5S/c1-15-2-8-18(9-3-15)29(27,28)23-12-10-22(11-13-23)20(26)21-14-16-4-6-17(7-5-16)19(24)25/h2-9H,10-14H2,1H3,(H,21,26)(H,24,25)/p-1. The van der Waals surface area contributed by atoms with Gasteiger partial charge >= 0.3 is 6.03 Å². The minimum atomic E-state index is -3.57. The van der Waals surface area contributed by atoms with Crippen molar-refractivity contribution < 1.29 is 23.1 Å². The number of rotatable bonds is 5. The molecule has 1 N–H and O–H groups in total. The lowest BCUT2D eigenvalue weighted by Gasteiger charge is -2.34.